The second-order valence-electron chi connectivity index (χ2n) is 4.36. The molecule has 3 amide bonds. The van der Waals surface area contributed by atoms with E-state index >= 15 is 0 Å². The van der Waals surface area contributed by atoms with Gasteiger partial charge in [-0.25, -0.2) is 4.79 Å². The highest BCUT2D eigenvalue weighted by Gasteiger charge is 2.22. The molecule has 1 saturated heterocycles. The van der Waals surface area contributed by atoms with E-state index < -0.39 is 6.04 Å². The number of carbonyl (C=O) groups excluding carboxylic acids is 2. The predicted molar refractivity (Wildman–Crippen MR) is 78.0 cm³/mol. The number of amides is 3. The molecule has 2 heterocycles. The maximum absolute atomic E-state index is 11.8. The minimum Gasteiger partial charge on any atom is -0.354 e. The van der Waals surface area contributed by atoms with Crippen molar-refractivity contribution in [3.63, 3.8) is 0 Å². The lowest BCUT2D eigenvalue weighted by Crippen LogP contribution is -2.48. The van der Waals surface area contributed by atoms with Crippen molar-refractivity contribution in [3.8, 4) is 0 Å². The number of urea groups is 1. The highest BCUT2D eigenvalue weighted by Crippen LogP contribution is 2.22. The summed E-state index contributed by atoms with van der Waals surface area (Å²) in [6, 6.07) is 1.22. The molecule has 0 aliphatic carbocycles. The van der Waals surface area contributed by atoms with Crippen LogP contribution in [0.25, 0.3) is 0 Å². The summed E-state index contributed by atoms with van der Waals surface area (Å²) in [5, 5.41) is 10.2. The molecule has 0 saturated carbocycles. The van der Waals surface area contributed by atoms with Gasteiger partial charge in [-0.1, -0.05) is 0 Å². The molecule has 3 N–H and O–H groups in total. The fourth-order valence-corrected chi connectivity index (χ4v) is 3.33. The highest BCUT2D eigenvalue weighted by molar-refractivity contribution is 9.10. The van der Waals surface area contributed by atoms with Gasteiger partial charge in [0.1, 0.15) is 6.04 Å². The number of rotatable bonds is 3. The number of nitrogens with one attached hydrogen (secondary N) is 3. The van der Waals surface area contributed by atoms with Crippen molar-refractivity contribution >= 4 is 39.2 Å². The third-order valence-corrected chi connectivity index (χ3v) is 4.87. The Morgan fingerprint density at radius 2 is 2.37 bits per heavy atom. The van der Waals surface area contributed by atoms with Crippen LogP contribution in [0.2, 0.25) is 0 Å². The Morgan fingerprint density at radius 3 is 3.11 bits per heavy atom. The molecule has 7 heteroatoms. The second-order valence-corrected chi connectivity index (χ2v) is 6.21. The van der Waals surface area contributed by atoms with Gasteiger partial charge in [-0.3, -0.25) is 4.79 Å². The molecule has 1 aromatic rings. The van der Waals surface area contributed by atoms with E-state index in [4.69, 9.17) is 0 Å². The summed E-state index contributed by atoms with van der Waals surface area (Å²) in [6.45, 7) is 1.15. The van der Waals surface area contributed by atoms with Crippen molar-refractivity contribution in [2.24, 2.45) is 0 Å². The summed E-state index contributed by atoms with van der Waals surface area (Å²) in [4.78, 5) is 24.5. The molecule has 1 atom stereocenters. The van der Waals surface area contributed by atoms with Crippen molar-refractivity contribution in [3.05, 3.63) is 20.8 Å². The van der Waals surface area contributed by atoms with Crippen LogP contribution in [0.15, 0.2) is 15.9 Å². The van der Waals surface area contributed by atoms with Crippen LogP contribution in [-0.4, -0.2) is 24.5 Å². The van der Waals surface area contributed by atoms with E-state index in [0.29, 0.717) is 19.5 Å². The third-order valence-electron chi connectivity index (χ3n) is 2.94. The fraction of sp³-hybridized carbons (Fsp3) is 0.500. The Morgan fingerprint density at radius 1 is 1.53 bits per heavy atom. The first-order chi connectivity index (χ1) is 9.16. The Labute approximate surface area is 124 Å². The zero-order chi connectivity index (χ0) is 13.7. The van der Waals surface area contributed by atoms with Gasteiger partial charge >= 0.3 is 6.03 Å². The molecule has 2 rings (SSSR count). The van der Waals surface area contributed by atoms with Crippen molar-refractivity contribution in [1.29, 1.82) is 0 Å². The lowest BCUT2D eigenvalue weighted by atomic mass is 10.1. The van der Waals surface area contributed by atoms with E-state index in [1.807, 2.05) is 11.4 Å². The van der Waals surface area contributed by atoms with Crippen LogP contribution in [0.4, 0.5) is 4.79 Å². The highest BCUT2D eigenvalue weighted by atomic mass is 79.9. The van der Waals surface area contributed by atoms with Gasteiger partial charge in [-0.15, -0.1) is 11.3 Å². The average molecular weight is 346 g/mol. The van der Waals surface area contributed by atoms with Crippen LogP contribution in [-0.2, 0) is 11.3 Å². The Hall–Kier alpha value is -1.08. The molecule has 104 valence electrons. The van der Waals surface area contributed by atoms with Crippen molar-refractivity contribution in [2.75, 3.05) is 6.54 Å². The Kier molecular flexibility index (Phi) is 5.21. The summed E-state index contributed by atoms with van der Waals surface area (Å²) in [5.41, 5.74) is 0. The van der Waals surface area contributed by atoms with Crippen LogP contribution >= 0.6 is 27.3 Å². The van der Waals surface area contributed by atoms with Crippen LogP contribution in [0, 0.1) is 0 Å². The molecule has 0 aromatic carbocycles. The number of thiophene rings is 1. The minimum absolute atomic E-state index is 0.0926. The van der Waals surface area contributed by atoms with Gasteiger partial charge in [0, 0.05) is 15.9 Å². The van der Waals surface area contributed by atoms with Gasteiger partial charge in [-0.05, 0) is 46.6 Å². The number of hydrogen-bond donors (Lipinski definition) is 3. The summed E-state index contributed by atoms with van der Waals surface area (Å²) in [7, 11) is 0. The molecule has 1 fully saturated rings. The Bertz CT molecular complexity index is 464. The smallest absolute Gasteiger partial charge is 0.315 e. The molecule has 1 aliphatic heterocycles. The average Bonchev–Trinajstić information content (AvgIpc) is 2.69. The van der Waals surface area contributed by atoms with Crippen molar-refractivity contribution in [1.82, 2.24) is 16.0 Å². The monoisotopic (exact) mass is 345 g/mol. The lowest BCUT2D eigenvalue weighted by molar-refractivity contribution is -0.122. The quantitative estimate of drug-likeness (QED) is 0.783. The summed E-state index contributed by atoms with van der Waals surface area (Å²) in [5.74, 6) is -0.0926. The number of halogens is 1. The molecule has 5 nitrogen and oxygen atoms in total. The van der Waals surface area contributed by atoms with Crippen molar-refractivity contribution in [2.45, 2.75) is 31.8 Å². The van der Waals surface area contributed by atoms with E-state index in [0.717, 1.165) is 22.2 Å². The molecular weight excluding hydrogens is 330 g/mol. The van der Waals surface area contributed by atoms with E-state index in [9.17, 15) is 9.59 Å². The molecule has 0 bridgehead atoms. The number of carbonyl (C=O) groups is 2. The maximum Gasteiger partial charge on any atom is 0.315 e. The zero-order valence-corrected chi connectivity index (χ0v) is 12.8. The molecule has 19 heavy (non-hydrogen) atoms. The van der Waals surface area contributed by atoms with E-state index in [-0.39, 0.29) is 11.9 Å². The van der Waals surface area contributed by atoms with Gasteiger partial charge < -0.3 is 16.0 Å². The van der Waals surface area contributed by atoms with Crippen molar-refractivity contribution < 1.29 is 9.59 Å². The first-order valence-electron chi connectivity index (χ1n) is 6.21. The first kappa shape index (κ1) is 14.3. The van der Waals surface area contributed by atoms with Gasteiger partial charge in [0.15, 0.2) is 0 Å². The molecule has 1 aliphatic rings. The third kappa shape index (κ3) is 4.21. The standard InChI is InChI=1S/C12H16BrN3O2S/c13-8-4-6-19-10(8)7-15-12(18)16-9-3-1-2-5-14-11(9)17/h4,6,9H,1-3,5,7H2,(H,14,17)(H2,15,16,18). The predicted octanol–water partition coefficient (Wildman–Crippen LogP) is 1.98. The fourth-order valence-electron chi connectivity index (χ4n) is 1.90. The Balaban J connectivity index is 1.80. The van der Waals surface area contributed by atoms with Gasteiger partial charge in [0.05, 0.1) is 6.54 Å². The molecular formula is C12H16BrN3O2S. The van der Waals surface area contributed by atoms with Crippen LogP contribution in [0.1, 0.15) is 24.1 Å². The number of hydrogen-bond acceptors (Lipinski definition) is 3. The van der Waals surface area contributed by atoms with Crippen LogP contribution < -0.4 is 16.0 Å². The second kappa shape index (κ2) is 6.91. The summed E-state index contributed by atoms with van der Waals surface area (Å²) < 4.78 is 0.991. The SMILES string of the molecule is O=C(NCc1sccc1Br)NC1CCCCNC1=O. The first-order valence-corrected chi connectivity index (χ1v) is 7.88. The molecule has 1 unspecified atom stereocenters. The van der Waals surface area contributed by atoms with E-state index in [1.165, 1.54) is 0 Å². The largest absolute Gasteiger partial charge is 0.354 e. The normalized spacial score (nSPS) is 19.4. The van der Waals surface area contributed by atoms with Gasteiger partial charge in [-0.2, -0.15) is 0 Å². The topological polar surface area (TPSA) is 70.2 Å². The van der Waals surface area contributed by atoms with Gasteiger partial charge in [0.2, 0.25) is 5.91 Å². The summed E-state index contributed by atoms with van der Waals surface area (Å²) >= 11 is 4.98. The van der Waals surface area contributed by atoms with Gasteiger partial charge in [0.25, 0.3) is 0 Å². The van der Waals surface area contributed by atoms with Crippen LogP contribution in [0.5, 0.6) is 0 Å². The van der Waals surface area contributed by atoms with E-state index in [1.54, 1.807) is 11.3 Å². The molecule has 0 radical (unpaired) electrons. The van der Waals surface area contributed by atoms with E-state index in [2.05, 4.69) is 31.9 Å². The maximum atomic E-state index is 11.8. The molecule has 1 aromatic heterocycles. The van der Waals surface area contributed by atoms with Crippen LogP contribution in [0.3, 0.4) is 0 Å². The zero-order valence-electron chi connectivity index (χ0n) is 10.4. The minimum atomic E-state index is -0.422. The summed E-state index contributed by atoms with van der Waals surface area (Å²) in [6.07, 6.45) is 2.61. The lowest BCUT2D eigenvalue weighted by Gasteiger charge is -2.15. The molecule has 0 spiro atoms.